The molecule has 4 aliphatic rings. The standard InChI is InChI=1S/C31H35Cl2N5O5S.C2H6/c1-40-30(39)17-10-25(43-20-7-8-41-14-20)28-26(11-17)44-31(36-28)37-13-18-9-19(37)12-24(18)42-15-23(27(34)16-5-6-16)38(35)29-21(32)3-2-4-22(29)33;1-2/h2-4,10-11,16,18-20,24H,5-9,12-15,34-35H2,1H3;1-2H3/b27-23-;. The summed E-state index contributed by atoms with van der Waals surface area (Å²) in [5.74, 6) is 7.40. The van der Waals surface area contributed by atoms with Gasteiger partial charge in [0.25, 0.3) is 0 Å². The first-order chi connectivity index (χ1) is 22.3. The highest BCUT2D eigenvalue weighted by Crippen LogP contribution is 2.46. The molecular formula is C33H41Cl2N5O5S. The lowest BCUT2D eigenvalue weighted by molar-refractivity contribution is 0.0372. The first-order valence-corrected chi connectivity index (χ1v) is 17.5. The zero-order valence-corrected chi connectivity index (χ0v) is 28.7. The molecule has 2 saturated heterocycles. The van der Waals surface area contributed by atoms with Crippen molar-refractivity contribution >= 4 is 61.5 Å². The number of benzene rings is 2. The molecule has 4 fully saturated rings. The number of anilines is 2. The molecule has 4 atom stereocenters. The highest BCUT2D eigenvalue weighted by Gasteiger charge is 2.46. The van der Waals surface area contributed by atoms with E-state index in [2.05, 4.69) is 4.90 Å². The smallest absolute Gasteiger partial charge is 0.338 e. The Labute approximate surface area is 283 Å². The van der Waals surface area contributed by atoms with E-state index in [1.54, 1.807) is 35.6 Å². The van der Waals surface area contributed by atoms with Gasteiger partial charge in [-0.3, -0.25) is 5.01 Å². The van der Waals surface area contributed by atoms with E-state index < -0.39 is 5.97 Å². The third-order valence-corrected chi connectivity index (χ3v) is 10.7. The third kappa shape index (κ3) is 6.63. The molecule has 10 nitrogen and oxygen atoms in total. The maximum absolute atomic E-state index is 12.4. The van der Waals surface area contributed by atoms with Gasteiger partial charge in [-0.05, 0) is 49.9 Å². The number of esters is 1. The van der Waals surface area contributed by atoms with Crippen LogP contribution in [0, 0.1) is 11.8 Å². The number of halogens is 2. The van der Waals surface area contributed by atoms with Crippen molar-refractivity contribution in [1.29, 1.82) is 0 Å². The van der Waals surface area contributed by atoms with Crippen LogP contribution in [0.25, 0.3) is 10.2 Å². The largest absolute Gasteiger partial charge is 0.486 e. The molecule has 2 bridgehead atoms. The Morgan fingerprint density at radius 1 is 1.17 bits per heavy atom. The van der Waals surface area contributed by atoms with Crippen molar-refractivity contribution in [2.75, 3.05) is 43.4 Å². The van der Waals surface area contributed by atoms with Crippen molar-refractivity contribution in [3.8, 4) is 5.75 Å². The van der Waals surface area contributed by atoms with Gasteiger partial charge in [0, 0.05) is 36.5 Å². The molecule has 2 aliphatic carbocycles. The monoisotopic (exact) mass is 689 g/mol. The van der Waals surface area contributed by atoms with E-state index >= 15 is 0 Å². The number of thiazole rings is 1. The summed E-state index contributed by atoms with van der Waals surface area (Å²) in [4.78, 5) is 19.8. The van der Waals surface area contributed by atoms with Crippen LogP contribution >= 0.6 is 34.5 Å². The number of methoxy groups -OCH3 is 1. The highest BCUT2D eigenvalue weighted by molar-refractivity contribution is 7.22. The highest BCUT2D eigenvalue weighted by atomic mass is 35.5. The summed E-state index contributed by atoms with van der Waals surface area (Å²) < 4.78 is 24.2. The number of hydrogen-bond acceptors (Lipinski definition) is 11. The Bertz CT molecular complexity index is 1590. The van der Waals surface area contributed by atoms with Crippen molar-refractivity contribution in [3.63, 3.8) is 0 Å². The quantitative estimate of drug-likeness (QED) is 0.138. The number of carbonyl (C=O) groups excluding carboxylic acids is 1. The van der Waals surface area contributed by atoms with Gasteiger partial charge in [-0.2, -0.15) is 0 Å². The fourth-order valence-corrected chi connectivity index (χ4v) is 8.21. The zero-order chi connectivity index (χ0) is 32.5. The van der Waals surface area contributed by atoms with E-state index in [1.807, 2.05) is 19.9 Å². The van der Waals surface area contributed by atoms with Crippen molar-refractivity contribution in [2.45, 2.75) is 64.2 Å². The molecule has 13 heteroatoms. The molecule has 1 aromatic heterocycles. The number of allylic oxidation sites excluding steroid dienone is 1. The summed E-state index contributed by atoms with van der Waals surface area (Å²) in [5, 5.41) is 3.33. The van der Waals surface area contributed by atoms with E-state index in [9.17, 15) is 4.79 Å². The van der Waals surface area contributed by atoms with Crippen LogP contribution in [0.2, 0.25) is 10.0 Å². The second-order valence-electron chi connectivity index (χ2n) is 11.9. The number of hydrazine groups is 1. The summed E-state index contributed by atoms with van der Waals surface area (Å²) in [6.45, 7) is 6.28. The summed E-state index contributed by atoms with van der Waals surface area (Å²) >= 11 is 14.5. The number of fused-ring (bicyclic) bond motifs is 3. The number of rotatable bonds is 10. The predicted octanol–water partition coefficient (Wildman–Crippen LogP) is 6.53. The van der Waals surface area contributed by atoms with Crippen LogP contribution in [-0.2, 0) is 14.2 Å². The van der Waals surface area contributed by atoms with Gasteiger partial charge in [-0.25, -0.2) is 15.6 Å². The summed E-state index contributed by atoms with van der Waals surface area (Å²) in [6.07, 6.45) is 4.74. The molecule has 46 heavy (non-hydrogen) atoms. The summed E-state index contributed by atoms with van der Waals surface area (Å²) in [6, 6.07) is 9.16. The molecule has 7 rings (SSSR count). The summed E-state index contributed by atoms with van der Waals surface area (Å²) in [7, 11) is 1.38. The lowest BCUT2D eigenvalue weighted by Gasteiger charge is -2.32. The molecule has 4 N–H and O–H groups in total. The molecule has 0 amide bonds. The molecule has 3 heterocycles. The fourth-order valence-electron chi connectivity index (χ4n) is 6.53. The van der Waals surface area contributed by atoms with Gasteiger partial charge in [0.15, 0.2) is 5.13 Å². The van der Waals surface area contributed by atoms with Crippen molar-refractivity contribution in [2.24, 2.45) is 23.4 Å². The molecule has 248 valence electrons. The average molecular weight is 691 g/mol. The molecular weight excluding hydrogens is 649 g/mol. The van der Waals surface area contributed by atoms with Gasteiger partial charge >= 0.3 is 5.97 Å². The van der Waals surface area contributed by atoms with Gasteiger partial charge in [-0.15, -0.1) is 0 Å². The molecule has 2 aromatic carbocycles. The number of aromatic nitrogens is 1. The predicted molar refractivity (Wildman–Crippen MR) is 183 cm³/mol. The normalized spacial score (nSPS) is 24.1. The van der Waals surface area contributed by atoms with Crippen molar-refractivity contribution < 1.29 is 23.7 Å². The zero-order valence-electron chi connectivity index (χ0n) is 26.3. The van der Waals surface area contributed by atoms with Crippen LogP contribution in [-0.4, -0.2) is 62.7 Å². The average Bonchev–Trinajstić information content (AvgIpc) is 3.38. The van der Waals surface area contributed by atoms with Crippen LogP contribution in [0.1, 0.15) is 56.3 Å². The van der Waals surface area contributed by atoms with Crippen LogP contribution in [0.4, 0.5) is 10.8 Å². The molecule has 3 aromatic rings. The molecule has 2 aliphatic heterocycles. The first kappa shape index (κ1) is 33.1. The van der Waals surface area contributed by atoms with Crippen molar-refractivity contribution in [1.82, 2.24) is 4.98 Å². The van der Waals surface area contributed by atoms with E-state index in [4.69, 9.17) is 58.7 Å². The molecule has 4 unspecified atom stereocenters. The summed E-state index contributed by atoms with van der Waals surface area (Å²) in [5.41, 5.74) is 9.75. The topological polar surface area (TPSA) is 125 Å². The minimum absolute atomic E-state index is 0.0648. The Hall–Kier alpha value is -2.80. The van der Waals surface area contributed by atoms with Crippen LogP contribution < -0.4 is 26.2 Å². The lowest BCUT2D eigenvalue weighted by atomic mass is 10.1. The number of piperidine rings is 1. The number of carbonyl (C=O) groups is 1. The van der Waals surface area contributed by atoms with Crippen LogP contribution in [0.3, 0.4) is 0 Å². The Kier molecular flexibility index (Phi) is 10.2. The Morgan fingerprint density at radius 3 is 2.57 bits per heavy atom. The minimum atomic E-state index is -0.404. The van der Waals surface area contributed by atoms with Crippen LogP contribution in [0.15, 0.2) is 41.7 Å². The van der Waals surface area contributed by atoms with E-state index in [0.717, 1.165) is 59.7 Å². The van der Waals surface area contributed by atoms with E-state index in [-0.39, 0.29) is 18.8 Å². The van der Waals surface area contributed by atoms with Crippen molar-refractivity contribution in [3.05, 3.63) is 57.3 Å². The molecule has 2 saturated carbocycles. The Morgan fingerprint density at radius 2 is 1.93 bits per heavy atom. The number of nitrogens with two attached hydrogens (primary N) is 2. The molecule has 0 radical (unpaired) electrons. The maximum Gasteiger partial charge on any atom is 0.338 e. The lowest BCUT2D eigenvalue weighted by Crippen LogP contribution is -2.40. The second-order valence-corrected chi connectivity index (χ2v) is 13.7. The second kappa shape index (κ2) is 14.1. The van der Waals surface area contributed by atoms with E-state index in [0.29, 0.717) is 63.8 Å². The SMILES string of the molecule is CC.COC(=O)c1cc(OC2CCOC2)c2nc(N3CC4CC3CC4OC/C(=C(/N)C3CC3)N(N)c3c(Cl)cccc3Cl)sc2c1. The number of para-hydroxylation sites is 1. The van der Waals surface area contributed by atoms with Gasteiger partial charge < -0.3 is 29.6 Å². The van der Waals surface area contributed by atoms with Gasteiger partial charge in [-0.1, -0.05) is 54.5 Å². The van der Waals surface area contributed by atoms with Gasteiger partial charge in [0.1, 0.15) is 17.4 Å². The maximum atomic E-state index is 12.4. The van der Waals surface area contributed by atoms with Gasteiger partial charge in [0.05, 0.1) is 64.7 Å². The minimum Gasteiger partial charge on any atom is -0.486 e. The molecule has 0 spiro atoms. The fraction of sp³-hybridized carbons (Fsp3) is 0.515. The number of ether oxygens (including phenoxy) is 4. The number of hydrogen-bond donors (Lipinski definition) is 2. The first-order valence-electron chi connectivity index (χ1n) is 15.9. The Balaban J connectivity index is 0.00000182. The van der Waals surface area contributed by atoms with E-state index in [1.165, 1.54) is 12.1 Å². The van der Waals surface area contributed by atoms with Gasteiger partial charge in [0.2, 0.25) is 0 Å². The van der Waals surface area contributed by atoms with Crippen LogP contribution in [0.5, 0.6) is 5.75 Å². The third-order valence-electron chi connectivity index (χ3n) is 9.03. The number of nitrogens with zero attached hydrogens (tertiary/aromatic N) is 3.